The van der Waals surface area contributed by atoms with Gasteiger partial charge in [-0.3, -0.25) is 9.79 Å². The molecule has 3 rings (SSSR count). The van der Waals surface area contributed by atoms with Gasteiger partial charge in [-0.15, -0.1) is 0 Å². The molecule has 1 amide bonds. The van der Waals surface area contributed by atoms with Crippen LogP contribution in [0.2, 0.25) is 5.02 Å². The number of fused-ring (bicyclic) bond motifs is 1. The number of rotatable bonds is 1. The third-order valence-corrected chi connectivity index (χ3v) is 5.00. The van der Waals surface area contributed by atoms with E-state index in [4.69, 9.17) is 16.6 Å². The van der Waals surface area contributed by atoms with E-state index in [1.165, 1.54) is 0 Å². The van der Waals surface area contributed by atoms with E-state index in [1.54, 1.807) is 0 Å². The highest BCUT2D eigenvalue weighted by molar-refractivity contribution is 6.30. The van der Waals surface area contributed by atoms with Crippen molar-refractivity contribution in [2.75, 3.05) is 0 Å². The standard InChI is InChI=1S/C17H21ClN2O/c1-17(2,3)11-8-13-14(9-11)19-15(20-16(13)21)10-4-6-12(18)7-5-10/h4-7,11,13-14H,8-9H2,1-3H3,(H,19,20,21)/t11-,13-,14+/m0/s1. The van der Waals surface area contributed by atoms with Crippen LogP contribution in [0.15, 0.2) is 29.3 Å². The Labute approximate surface area is 130 Å². The van der Waals surface area contributed by atoms with Crippen LogP contribution in [-0.2, 0) is 4.79 Å². The van der Waals surface area contributed by atoms with Crippen molar-refractivity contribution in [2.24, 2.45) is 22.2 Å². The first-order valence-electron chi connectivity index (χ1n) is 7.49. The minimum Gasteiger partial charge on any atom is -0.310 e. The molecule has 1 fully saturated rings. The van der Waals surface area contributed by atoms with E-state index in [-0.39, 0.29) is 23.3 Å². The summed E-state index contributed by atoms with van der Waals surface area (Å²) in [4.78, 5) is 17.2. The fraction of sp³-hybridized carbons (Fsp3) is 0.529. The normalized spacial score (nSPS) is 28.9. The lowest BCUT2D eigenvalue weighted by molar-refractivity contribution is -0.124. The van der Waals surface area contributed by atoms with E-state index in [2.05, 4.69) is 26.1 Å². The maximum atomic E-state index is 12.4. The Morgan fingerprint density at radius 1 is 1.19 bits per heavy atom. The zero-order chi connectivity index (χ0) is 15.2. The van der Waals surface area contributed by atoms with Gasteiger partial charge in [-0.2, -0.15) is 0 Å². The Morgan fingerprint density at radius 2 is 1.86 bits per heavy atom. The van der Waals surface area contributed by atoms with Crippen molar-refractivity contribution in [1.82, 2.24) is 5.32 Å². The molecule has 1 saturated carbocycles. The van der Waals surface area contributed by atoms with Crippen LogP contribution in [0, 0.1) is 17.3 Å². The smallest absolute Gasteiger partial charge is 0.230 e. The first kappa shape index (κ1) is 14.6. The van der Waals surface area contributed by atoms with Gasteiger partial charge in [0.05, 0.1) is 12.0 Å². The van der Waals surface area contributed by atoms with Gasteiger partial charge in [0.25, 0.3) is 0 Å². The van der Waals surface area contributed by atoms with Gasteiger partial charge in [0.1, 0.15) is 5.84 Å². The second-order valence-corrected chi connectivity index (χ2v) is 7.62. The van der Waals surface area contributed by atoms with Crippen molar-refractivity contribution in [3.8, 4) is 0 Å². The molecule has 21 heavy (non-hydrogen) atoms. The van der Waals surface area contributed by atoms with Crippen LogP contribution in [-0.4, -0.2) is 17.8 Å². The first-order valence-corrected chi connectivity index (χ1v) is 7.87. The molecule has 1 aliphatic heterocycles. The van der Waals surface area contributed by atoms with Crippen LogP contribution in [0.4, 0.5) is 0 Å². The average Bonchev–Trinajstić information content (AvgIpc) is 2.84. The number of hydrogen-bond donors (Lipinski definition) is 1. The molecule has 112 valence electrons. The lowest BCUT2D eigenvalue weighted by Gasteiger charge is -2.26. The van der Waals surface area contributed by atoms with Gasteiger partial charge in [-0.05, 0) is 48.4 Å². The van der Waals surface area contributed by atoms with Crippen molar-refractivity contribution in [1.29, 1.82) is 0 Å². The summed E-state index contributed by atoms with van der Waals surface area (Å²) >= 11 is 5.91. The number of nitrogens with zero attached hydrogens (tertiary/aromatic N) is 1. The summed E-state index contributed by atoms with van der Waals surface area (Å²) in [7, 11) is 0. The Morgan fingerprint density at radius 3 is 2.48 bits per heavy atom. The lowest BCUT2D eigenvalue weighted by Crippen LogP contribution is -2.44. The summed E-state index contributed by atoms with van der Waals surface area (Å²) in [5.41, 5.74) is 1.15. The minimum absolute atomic E-state index is 0.0327. The Balaban J connectivity index is 1.87. The van der Waals surface area contributed by atoms with Crippen LogP contribution >= 0.6 is 11.6 Å². The molecule has 3 nitrogen and oxygen atoms in total. The van der Waals surface area contributed by atoms with E-state index in [0.717, 1.165) is 18.4 Å². The molecule has 1 aromatic carbocycles. The molecule has 0 spiro atoms. The highest BCUT2D eigenvalue weighted by atomic mass is 35.5. The van der Waals surface area contributed by atoms with Crippen LogP contribution in [0.5, 0.6) is 0 Å². The van der Waals surface area contributed by atoms with E-state index >= 15 is 0 Å². The number of halogens is 1. The number of benzene rings is 1. The average molecular weight is 305 g/mol. The predicted molar refractivity (Wildman–Crippen MR) is 85.6 cm³/mol. The molecule has 1 heterocycles. The highest BCUT2D eigenvalue weighted by Crippen LogP contribution is 2.44. The van der Waals surface area contributed by atoms with Gasteiger partial charge in [0.2, 0.25) is 5.91 Å². The summed E-state index contributed by atoms with van der Waals surface area (Å²) in [6, 6.07) is 7.57. The highest BCUT2D eigenvalue weighted by Gasteiger charge is 2.45. The van der Waals surface area contributed by atoms with E-state index in [9.17, 15) is 4.79 Å². The number of amides is 1. The van der Waals surface area contributed by atoms with Gasteiger partial charge < -0.3 is 5.32 Å². The second kappa shape index (κ2) is 5.13. The van der Waals surface area contributed by atoms with Crippen LogP contribution in [0.25, 0.3) is 0 Å². The van der Waals surface area contributed by atoms with Crippen LogP contribution in [0.1, 0.15) is 39.2 Å². The summed E-state index contributed by atoms with van der Waals surface area (Å²) in [5, 5.41) is 3.65. The molecule has 1 aliphatic carbocycles. The molecular weight excluding hydrogens is 284 g/mol. The lowest BCUT2D eigenvalue weighted by atomic mass is 9.79. The quantitative estimate of drug-likeness (QED) is 0.845. The molecule has 4 heteroatoms. The Hall–Kier alpha value is -1.35. The number of nitrogens with one attached hydrogen (secondary N) is 1. The molecule has 0 unspecified atom stereocenters. The van der Waals surface area contributed by atoms with Crippen LogP contribution < -0.4 is 5.32 Å². The zero-order valence-electron chi connectivity index (χ0n) is 12.7. The molecule has 0 saturated heterocycles. The largest absolute Gasteiger partial charge is 0.310 e. The van der Waals surface area contributed by atoms with Crippen molar-refractivity contribution in [3.05, 3.63) is 34.9 Å². The van der Waals surface area contributed by atoms with E-state index < -0.39 is 0 Å². The van der Waals surface area contributed by atoms with Crippen molar-refractivity contribution >= 4 is 23.3 Å². The minimum atomic E-state index is 0.0327. The number of carbonyl (C=O) groups excluding carboxylic acids is 1. The second-order valence-electron chi connectivity index (χ2n) is 7.18. The summed E-state index contributed by atoms with van der Waals surface area (Å²) in [6.07, 6.45) is 1.94. The van der Waals surface area contributed by atoms with Gasteiger partial charge in [0, 0.05) is 10.6 Å². The maximum Gasteiger partial charge on any atom is 0.230 e. The van der Waals surface area contributed by atoms with Crippen molar-refractivity contribution in [2.45, 2.75) is 39.7 Å². The summed E-state index contributed by atoms with van der Waals surface area (Å²) in [6.45, 7) is 6.74. The molecule has 0 radical (unpaired) electrons. The molecule has 1 N–H and O–H groups in total. The number of amidine groups is 1. The topological polar surface area (TPSA) is 41.5 Å². The van der Waals surface area contributed by atoms with Crippen molar-refractivity contribution < 1.29 is 4.79 Å². The van der Waals surface area contributed by atoms with Gasteiger partial charge >= 0.3 is 0 Å². The number of carbonyl (C=O) groups is 1. The van der Waals surface area contributed by atoms with Gasteiger partial charge in [-0.25, -0.2) is 0 Å². The van der Waals surface area contributed by atoms with Gasteiger partial charge in [0.15, 0.2) is 0 Å². The third-order valence-electron chi connectivity index (χ3n) is 4.74. The monoisotopic (exact) mass is 304 g/mol. The molecule has 1 aromatic rings. The van der Waals surface area contributed by atoms with E-state index in [0.29, 0.717) is 16.8 Å². The molecule has 0 aromatic heterocycles. The fourth-order valence-corrected chi connectivity index (χ4v) is 3.44. The van der Waals surface area contributed by atoms with E-state index in [1.807, 2.05) is 24.3 Å². The van der Waals surface area contributed by atoms with Crippen molar-refractivity contribution in [3.63, 3.8) is 0 Å². The Bertz CT molecular complexity index is 586. The number of hydrogen-bond acceptors (Lipinski definition) is 2. The summed E-state index contributed by atoms with van der Waals surface area (Å²) < 4.78 is 0. The van der Waals surface area contributed by atoms with Crippen LogP contribution in [0.3, 0.4) is 0 Å². The Kier molecular flexibility index (Phi) is 3.56. The third kappa shape index (κ3) is 2.84. The predicted octanol–water partition coefficient (Wildman–Crippen LogP) is 3.66. The number of aliphatic imine (C=N–C) groups is 1. The fourth-order valence-electron chi connectivity index (χ4n) is 3.31. The van der Waals surface area contributed by atoms with Gasteiger partial charge in [-0.1, -0.05) is 32.4 Å². The molecule has 0 bridgehead atoms. The zero-order valence-corrected chi connectivity index (χ0v) is 13.4. The SMILES string of the molecule is CC(C)(C)[C@H]1C[C@@H]2C(=O)NC(c3ccc(Cl)cc3)=N[C@@H]2C1. The molecular formula is C17H21ClN2O. The first-order chi connectivity index (χ1) is 9.84. The summed E-state index contributed by atoms with van der Waals surface area (Å²) in [5.74, 6) is 1.39. The molecule has 3 atom stereocenters. The maximum absolute atomic E-state index is 12.4. The molecule has 2 aliphatic rings.